The minimum absolute atomic E-state index is 0.166. The molecule has 22 heavy (non-hydrogen) atoms. The van der Waals surface area contributed by atoms with Gasteiger partial charge in [0.15, 0.2) is 5.79 Å². The van der Waals surface area contributed by atoms with Crippen LogP contribution in [0.2, 0.25) is 0 Å². The molecule has 0 aromatic carbocycles. The van der Waals surface area contributed by atoms with Crippen molar-refractivity contribution in [2.45, 2.75) is 51.6 Å². The normalized spacial score (nSPS) is 23.1. The Kier molecular flexibility index (Phi) is 4.64. The highest BCUT2D eigenvalue weighted by molar-refractivity contribution is 5.75. The Labute approximate surface area is 128 Å². The third-order valence-corrected chi connectivity index (χ3v) is 3.80. The van der Waals surface area contributed by atoms with Crippen LogP contribution in [0.1, 0.15) is 33.6 Å². The standard InChI is InChI=1S/C14H23F3N2O3/c1-12(2,3)8-10(14(15,16)17)18-11(20)19-5-4-13(9-19)21-6-7-22-13/h10H,4-9H2,1-3H3,(H,18,20)/t10-/m1/s1. The van der Waals surface area contributed by atoms with Gasteiger partial charge in [0.2, 0.25) is 0 Å². The fourth-order valence-electron chi connectivity index (χ4n) is 2.76. The van der Waals surface area contributed by atoms with E-state index < -0.39 is 29.5 Å². The summed E-state index contributed by atoms with van der Waals surface area (Å²) in [6.45, 7) is 6.52. The molecule has 1 N–H and O–H groups in total. The van der Waals surface area contributed by atoms with Crippen molar-refractivity contribution in [1.29, 1.82) is 0 Å². The van der Waals surface area contributed by atoms with Crippen molar-refractivity contribution in [1.82, 2.24) is 10.2 Å². The maximum absolute atomic E-state index is 13.1. The molecule has 2 fully saturated rings. The van der Waals surface area contributed by atoms with E-state index in [4.69, 9.17) is 9.47 Å². The SMILES string of the molecule is CC(C)(C)C[C@@H](NC(=O)N1CCC2(C1)OCCO2)C(F)(F)F. The maximum Gasteiger partial charge on any atom is 0.408 e. The second kappa shape index (κ2) is 5.88. The topological polar surface area (TPSA) is 50.8 Å². The number of nitrogens with zero attached hydrogens (tertiary/aromatic N) is 1. The number of hydrogen-bond acceptors (Lipinski definition) is 3. The van der Waals surface area contributed by atoms with Crippen LogP contribution < -0.4 is 5.32 Å². The number of hydrogen-bond donors (Lipinski definition) is 1. The van der Waals surface area contributed by atoms with Crippen LogP contribution in [-0.4, -0.2) is 55.2 Å². The van der Waals surface area contributed by atoms with Crippen molar-refractivity contribution >= 4 is 6.03 Å². The molecule has 1 spiro atoms. The quantitative estimate of drug-likeness (QED) is 0.849. The summed E-state index contributed by atoms with van der Waals surface area (Å²) in [5.41, 5.74) is -0.544. The molecule has 5 nitrogen and oxygen atoms in total. The number of urea groups is 1. The molecule has 2 amide bonds. The number of ether oxygens (including phenoxy) is 2. The summed E-state index contributed by atoms with van der Waals surface area (Å²) < 4.78 is 50.3. The van der Waals surface area contributed by atoms with Gasteiger partial charge in [-0.05, 0) is 11.8 Å². The van der Waals surface area contributed by atoms with E-state index in [1.54, 1.807) is 20.8 Å². The number of alkyl halides is 3. The van der Waals surface area contributed by atoms with Crippen molar-refractivity contribution < 1.29 is 27.4 Å². The van der Waals surface area contributed by atoms with E-state index in [0.29, 0.717) is 26.2 Å². The van der Waals surface area contributed by atoms with Crippen LogP contribution in [0, 0.1) is 5.41 Å². The Balaban J connectivity index is 1.96. The lowest BCUT2D eigenvalue weighted by Crippen LogP contribution is -2.52. The molecule has 2 saturated heterocycles. The predicted molar refractivity (Wildman–Crippen MR) is 73.3 cm³/mol. The zero-order chi connectivity index (χ0) is 16.6. The Morgan fingerprint density at radius 3 is 2.36 bits per heavy atom. The predicted octanol–water partition coefficient (Wildman–Crippen LogP) is 2.51. The maximum atomic E-state index is 13.1. The molecule has 1 atom stereocenters. The Morgan fingerprint density at radius 1 is 1.27 bits per heavy atom. The minimum atomic E-state index is -4.47. The van der Waals surface area contributed by atoms with Crippen molar-refractivity contribution in [2.75, 3.05) is 26.3 Å². The fourth-order valence-corrected chi connectivity index (χ4v) is 2.76. The van der Waals surface area contributed by atoms with Gasteiger partial charge in [-0.3, -0.25) is 0 Å². The zero-order valence-corrected chi connectivity index (χ0v) is 13.1. The Morgan fingerprint density at radius 2 is 1.86 bits per heavy atom. The number of rotatable bonds is 2. The second-order valence-electron chi connectivity index (χ2n) is 7.09. The van der Waals surface area contributed by atoms with Crippen LogP contribution in [0.15, 0.2) is 0 Å². The minimum Gasteiger partial charge on any atom is -0.346 e. The van der Waals surface area contributed by atoms with Gasteiger partial charge in [-0.1, -0.05) is 20.8 Å². The third-order valence-electron chi connectivity index (χ3n) is 3.80. The van der Waals surface area contributed by atoms with Gasteiger partial charge >= 0.3 is 12.2 Å². The number of amides is 2. The van der Waals surface area contributed by atoms with E-state index in [2.05, 4.69) is 5.32 Å². The highest BCUT2D eigenvalue weighted by Gasteiger charge is 2.47. The summed E-state index contributed by atoms with van der Waals surface area (Å²) in [6, 6.07) is -2.58. The van der Waals surface area contributed by atoms with Gasteiger partial charge in [0.1, 0.15) is 6.04 Å². The second-order valence-corrected chi connectivity index (χ2v) is 7.09. The lowest BCUT2D eigenvalue weighted by molar-refractivity contribution is -0.160. The van der Waals surface area contributed by atoms with Gasteiger partial charge in [-0.15, -0.1) is 0 Å². The average Bonchev–Trinajstić information content (AvgIpc) is 2.97. The largest absolute Gasteiger partial charge is 0.408 e. The highest BCUT2D eigenvalue weighted by Crippen LogP contribution is 2.33. The first kappa shape index (κ1) is 17.3. The molecule has 2 heterocycles. The molecular weight excluding hydrogens is 301 g/mol. The van der Waals surface area contributed by atoms with Crippen molar-refractivity contribution in [2.24, 2.45) is 5.41 Å². The Bertz CT molecular complexity index is 415. The van der Waals surface area contributed by atoms with Crippen molar-refractivity contribution in [3.63, 3.8) is 0 Å². The van der Waals surface area contributed by atoms with Crippen LogP contribution in [0.5, 0.6) is 0 Å². The van der Waals surface area contributed by atoms with Gasteiger partial charge in [0, 0.05) is 13.0 Å². The molecule has 8 heteroatoms. The van der Waals surface area contributed by atoms with Crippen molar-refractivity contribution in [3.8, 4) is 0 Å². The van der Waals surface area contributed by atoms with Gasteiger partial charge in [-0.25, -0.2) is 4.79 Å². The molecule has 2 rings (SSSR count). The molecule has 128 valence electrons. The summed E-state index contributed by atoms with van der Waals surface area (Å²) >= 11 is 0. The van der Waals surface area contributed by atoms with E-state index in [0.717, 1.165) is 0 Å². The summed E-state index contributed by atoms with van der Waals surface area (Å²) in [4.78, 5) is 13.5. The monoisotopic (exact) mass is 324 g/mol. The molecule has 0 saturated carbocycles. The fraction of sp³-hybridized carbons (Fsp3) is 0.929. The van der Waals surface area contributed by atoms with E-state index in [-0.39, 0.29) is 13.0 Å². The first-order valence-electron chi connectivity index (χ1n) is 7.41. The molecule has 0 radical (unpaired) electrons. The average molecular weight is 324 g/mol. The summed E-state index contributed by atoms with van der Waals surface area (Å²) in [7, 11) is 0. The van der Waals surface area contributed by atoms with Crippen LogP contribution in [0.25, 0.3) is 0 Å². The van der Waals surface area contributed by atoms with Crippen molar-refractivity contribution in [3.05, 3.63) is 0 Å². The van der Waals surface area contributed by atoms with Crippen LogP contribution >= 0.6 is 0 Å². The highest BCUT2D eigenvalue weighted by atomic mass is 19.4. The Hall–Kier alpha value is -1.02. The zero-order valence-electron chi connectivity index (χ0n) is 13.1. The molecule has 0 unspecified atom stereocenters. The number of halogens is 3. The molecule has 0 bridgehead atoms. The lowest BCUT2D eigenvalue weighted by Gasteiger charge is -2.30. The van der Waals surface area contributed by atoms with Crippen LogP contribution in [0.4, 0.5) is 18.0 Å². The van der Waals surface area contributed by atoms with E-state index in [1.807, 2.05) is 0 Å². The summed E-state index contributed by atoms with van der Waals surface area (Å²) in [5, 5.41) is 2.11. The van der Waals surface area contributed by atoms with Gasteiger partial charge < -0.3 is 19.7 Å². The molecule has 0 aromatic heterocycles. The lowest BCUT2D eigenvalue weighted by atomic mass is 9.88. The van der Waals surface area contributed by atoms with Crippen LogP contribution in [0.3, 0.4) is 0 Å². The molecule has 0 aliphatic carbocycles. The van der Waals surface area contributed by atoms with E-state index in [9.17, 15) is 18.0 Å². The summed E-state index contributed by atoms with van der Waals surface area (Å²) in [6.07, 6.45) is -4.16. The van der Waals surface area contributed by atoms with E-state index >= 15 is 0 Å². The number of carbonyl (C=O) groups excluding carboxylic acids is 1. The molecule has 2 aliphatic heterocycles. The first-order chi connectivity index (χ1) is 10.0. The first-order valence-corrected chi connectivity index (χ1v) is 7.41. The summed E-state index contributed by atoms with van der Waals surface area (Å²) in [5.74, 6) is -0.824. The number of nitrogens with one attached hydrogen (secondary N) is 1. The number of carbonyl (C=O) groups is 1. The third kappa shape index (κ3) is 4.25. The van der Waals surface area contributed by atoms with Gasteiger partial charge in [0.25, 0.3) is 0 Å². The van der Waals surface area contributed by atoms with E-state index in [1.165, 1.54) is 4.90 Å². The smallest absolute Gasteiger partial charge is 0.346 e. The molecular formula is C14H23F3N2O3. The van der Waals surface area contributed by atoms with Gasteiger partial charge in [0.05, 0.1) is 19.8 Å². The molecule has 0 aromatic rings. The number of likely N-dealkylation sites (tertiary alicyclic amines) is 1. The molecule has 2 aliphatic rings. The van der Waals surface area contributed by atoms with Gasteiger partial charge in [-0.2, -0.15) is 13.2 Å². The van der Waals surface area contributed by atoms with Crippen LogP contribution in [-0.2, 0) is 9.47 Å².